The molecule has 0 bridgehead atoms. The van der Waals surface area contributed by atoms with Crippen LogP contribution in [-0.2, 0) is 16.6 Å². The Morgan fingerprint density at radius 1 is 1.18 bits per heavy atom. The predicted molar refractivity (Wildman–Crippen MR) is 132 cm³/mol. The summed E-state index contributed by atoms with van der Waals surface area (Å²) < 4.78 is 18.5. The summed E-state index contributed by atoms with van der Waals surface area (Å²) in [4.78, 5) is 31.1. The quantitative estimate of drug-likeness (QED) is 0.487. The molecule has 182 valence electrons. The Morgan fingerprint density at radius 3 is 2.35 bits per heavy atom. The van der Waals surface area contributed by atoms with Crippen molar-refractivity contribution in [2.75, 3.05) is 27.8 Å². The van der Waals surface area contributed by atoms with E-state index in [9.17, 15) is 9.59 Å². The number of rotatable bonds is 7. The van der Waals surface area contributed by atoms with Gasteiger partial charge in [-0.15, -0.1) is 0 Å². The molecule has 2 heterocycles. The van der Waals surface area contributed by atoms with Crippen LogP contribution in [0.25, 0.3) is 22.0 Å². The number of pyridine rings is 2. The van der Waals surface area contributed by atoms with E-state index in [1.54, 1.807) is 33.7 Å². The largest absolute Gasteiger partial charge is 0.496 e. The molecule has 8 nitrogen and oxygen atoms in total. The van der Waals surface area contributed by atoms with Crippen molar-refractivity contribution in [2.45, 2.75) is 39.3 Å². The first-order valence-corrected chi connectivity index (χ1v) is 11.1. The number of nitrogens with zero attached hydrogens (tertiary/aromatic N) is 3. The van der Waals surface area contributed by atoms with E-state index < -0.39 is 5.60 Å². The van der Waals surface area contributed by atoms with Gasteiger partial charge in [-0.25, -0.2) is 0 Å². The van der Waals surface area contributed by atoms with Crippen LogP contribution >= 0.6 is 0 Å². The summed E-state index contributed by atoms with van der Waals surface area (Å²) in [5.74, 6) is 0.924. The standard InChI is InChI=1S/C26H33N3O5/c1-16(28(5)15-22(30)34-26(2,3)4)23-20(32-7)12-17(13-21(23)33-8)19-14-29(6)25(31)24-18(19)10-9-11-27-24/h9-14,16H,15H2,1-8H3. The van der Waals surface area contributed by atoms with Gasteiger partial charge in [-0.1, -0.05) is 6.07 Å². The van der Waals surface area contributed by atoms with Crippen LogP contribution in [-0.4, -0.2) is 53.8 Å². The minimum absolute atomic E-state index is 0.115. The van der Waals surface area contributed by atoms with E-state index in [0.29, 0.717) is 17.0 Å². The molecule has 3 rings (SSSR count). The van der Waals surface area contributed by atoms with Crippen molar-refractivity contribution in [3.8, 4) is 22.6 Å². The zero-order valence-electron chi connectivity index (χ0n) is 21.1. The maximum absolute atomic E-state index is 12.6. The Morgan fingerprint density at radius 2 is 1.79 bits per heavy atom. The van der Waals surface area contributed by atoms with Gasteiger partial charge in [0.15, 0.2) is 0 Å². The second-order valence-corrected chi connectivity index (χ2v) is 9.33. The van der Waals surface area contributed by atoms with Gasteiger partial charge in [0.25, 0.3) is 5.56 Å². The van der Waals surface area contributed by atoms with E-state index in [1.807, 2.05) is 63.9 Å². The highest BCUT2D eigenvalue weighted by atomic mass is 16.6. The average Bonchev–Trinajstić information content (AvgIpc) is 2.78. The van der Waals surface area contributed by atoms with Crippen molar-refractivity contribution >= 4 is 16.9 Å². The average molecular weight is 468 g/mol. The molecular weight excluding hydrogens is 434 g/mol. The topological polar surface area (TPSA) is 82.9 Å². The van der Waals surface area contributed by atoms with Crippen LogP contribution in [0.2, 0.25) is 0 Å². The van der Waals surface area contributed by atoms with E-state index >= 15 is 0 Å². The fraction of sp³-hybridized carbons (Fsp3) is 0.423. The first-order chi connectivity index (χ1) is 16.0. The van der Waals surface area contributed by atoms with E-state index in [-0.39, 0.29) is 24.1 Å². The smallest absolute Gasteiger partial charge is 0.320 e. The van der Waals surface area contributed by atoms with Crippen molar-refractivity contribution in [3.05, 3.63) is 52.6 Å². The fourth-order valence-corrected chi connectivity index (χ4v) is 3.95. The van der Waals surface area contributed by atoms with Crippen molar-refractivity contribution in [1.82, 2.24) is 14.5 Å². The number of fused-ring (bicyclic) bond motifs is 1. The van der Waals surface area contributed by atoms with E-state index in [0.717, 1.165) is 22.1 Å². The maximum Gasteiger partial charge on any atom is 0.320 e. The molecule has 0 fully saturated rings. The number of aromatic nitrogens is 2. The SMILES string of the molecule is COc1cc(-c2cn(C)c(=O)c3ncccc23)cc(OC)c1C(C)N(C)CC(=O)OC(C)(C)C. The van der Waals surface area contributed by atoms with Gasteiger partial charge in [-0.2, -0.15) is 0 Å². The van der Waals surface area contributed by atoms with Gasteiger partial charge in [0.05, 0.1) is 26.3 Å². The molecule has 0 amide bonds. The van der Waals surface area contributed by atoms with E-state index in [1.165, 1.54) is 4.57 Å². The Balaban J connectivity index is 2.07. The molecule has 2 aromatic heterocycles. The van der Waals surface area contributed by atoms with Crippen LogP contribution in [0.5, 0.6) is 11.5 Å². The first-order valence-electron chi connectivity index (χ1n) is 11.1. The summed E-state index contributed by atoms with van der Waals surface area (Å²) in [5, 5.41) is 0.748. The number of hydrogen-bond acceptors (Lipinski definition) is 7. The third kappa shape index (κ3) is 5.22. The Hall–Kier alpha value is -3.39. The number of benzene rings is 1. The number of likely N-dealkylation sites (N-methyl/N-ethyl adjacent to an activating group) is 1. The third-order valence-electron chi connectivity index (χ3n) is 5.68. The van der Waals surface area contributed by atoms with E-state index in [2.05, 4.69) is 4.98 Å². The lowest BCUT2D eigenvalue weighted by atomic mass is 9.97. The van der Waals surface area contributed by atoms with Crippen molar-refractivity contribution < 1.29 is 19.0 Å². The molecule has 1 atom stereocenters. The molecule has 1 unspecified atom stereocenters. The molecule has 0 saturated carbocycles. The molecule has 0 saturated heterocycles. The van der Waals surface area contributed by atoms with Gasteiger partial charge in [0, 0.05) is 36.4 Å². The van der Waals surface area contributed by atoms with Crippen LogP contribution in [0.1, 0.15) is 39.3 Å². The summed E-state index contributed by atoms with van der Waals surface area (Å²) in [5.41, 5.74) is 2.16. The van der Waals surface area contributed by atoms with Crippen molar-refractivity contribution in [3.63, 3.8) is 0 Å². The van der Waals surface area contributed by atoms with Gasteiger partial charge in [0.1, 0.15) is 22.6 Å². The fourth-order valence-electron chi connectivity index (χ4n) is 3.95. The number of carbonyl (C=O) groups is 1. The van der Waals surface area contributed by atoms with Crippen LogP contribution in [0.15, 0.2) is 41.5 Å². The molecule has 0 aliphatic carbocycles. The lowest BCUT2D eigenvalue weighted by Crippen LogP contribution is -2.34. The molecule has 8 heteroatoms. The van der Waals surface area contributed by atoms with Crippen LogP contribution in [0, 0.1) is 0 Å². The molecular formula is C26H33N3O5. The summed E-state index contributed by atoms with van der Waals surface area (Å²) in [7, 11) is 6.76. The highest BCUT2D eigenvalue weighted by Gasteiger charge is 2.26. The molecule has 3 aromatic rings. The molecule has 1 aromatic carbocycles. The highest BCUT2D eigenvalue weighted by molar-refractivity contribution is 5.94. The molecule has 0 aliphatic heterocycles. The van der Waals surface area contributed by atoms with Gasteiger partial charge in [0.2, 0.25) is 0 Å². The monoisotopic (exact) mass is 467 g/mol. The molecule has 0 N–H and O–H groups in total. The van der Waals surface area contributed by atoms with E-state index in [4.69, 9.17) is 14.2 Å². The lowest BCUT2D eigenvalue weighted by molar-refractivity contribution is -0.156. The van der Waals surface area contributed by atoms with Gasteiger partial charge in [-0.3, -0.25) is 19.5 Å². The number of esters is 1. The maximum atomic E-state index is 12.6. The Kier molecular flexibility index (Phi) is 7.31. The second kappa shape index (κ2) is 9.85. The molecule has 0 aliphatic rings. The minimum Gasteiger partial charge on any atom is -0.496 e. The number of aryl methyl sites for hydroxylation is 1. The lowest BCUT2D eigenvalue weighted by Gasteiger charge is -2.29. The Bertz CT molecular complexity index is 1230. The first kappa shape index (κ1) is 25.2. The second-order valence-electron chi connectivity index (χ2n) is 9.33. The van der Waals surface area contributed by atoms with Gasteiger partial charge in [-0.05, 0) is 58.5 Å². The molecule has 0 radical (unpaired) electrons. The van der Waals surface area contributed by atoms with Crippen molar-refractivity contribution in [1.29, 1.82) is 0 Å². The molecule has 34 heavy (non-hydrogen) atoms. The number of methoxy groups -OCH3 is 2. The number of ether oxygens (including phenoxy) is 3. The Labute approximate surface area is 200 Å². The zero-order valence-corrected chi connectivity index (χ0v) is 21.1. The van der Waals surface area contributed by atoms with Gasteiger partial charge >= 0.3 is 5.97 Å². The number of hydrogen-bond donors (Lipinski definition) is 0. The predicted octanol–water partition coefficient (Wildman–Crippen LogP) is 3.95. The minimum atomic E-state index is -0.550. The zero-order chi connectivity index (χ0) is 25.2. The summed E-state index contributed by atoms with van der Waals surface area (Å²) >= 11 is 0. The van der Waals surface area contributed by atoms with Crippen LogP contribution < -0.4 is 15.0 Å². The highest BCUT2D eigenvalue weighted by Crippen LogP contribution is 2.41. The van der Waals surface area contributed by atoms with Crippen LogP contribution in [0.4, 0.5) is 0 Å². The summed E-state index contributed by atoms with van der Waals surface area (Å²) in [6.45, 7) is 7.63. The normalized spacial score (nSPS) is 12.6. The third-order valence-corrected chi connectivity index (χ3v) is 5.68. The molecule has 0 spiro atoms. The summed E-state index contributed by atoms with van der Waals surface area (Å²) in [6.07, 6.45) is 3.40. The van der Waals surface area contributed by atoms with Crippen molar-refractivity contribution in [2.24, 2.45) is 7.05 Å². The van der Waals surface area contributed by atoms with Gasteiger partial charge < -0.3 is 18.8 Å². The summed E-state index contributed by atoms with van der Waals surface area (Å²) in [6, 6.07) is 7.32. The van der Waals surface area contributed by atoms with Crippen LogP contribution in [0.3, 0.4) is 0 Å². The number of carbonyl (C=O) groups excluding carboxylic acids is 1.